The quantitative estimate of drug-likeness (QED) is 0.625. The molecule has 0 fully saturated rings. The lowest BCUT2D eigenvalue weighted by Gasteiger charge is -2.05. The van der Waals surface area contributed by atoms with Crippen molar-refractivity contribution in [3.05, 3.63) is 53.6 Å². The van der Waals surface area contributed by atoms with E-state index >= 15 is 0 Å². The van der Waals surface area contributed by atoms with Crippen molar-refractivity contribution in [3.63, 3.8) is 0 Å². The molecule has 2 aromatic carbocycles. The van der Waals surface area contributed by atoms with Gasteiger partial charge in [-0.25, -0.2) is 13.8 Å². The van der Waals surface area contributed by atoms with Crippen molar-refractivity contribution in [1.82, 2.24) is 0 Å². The van der Waals surface area contributed by atoms with Crippen LogP contribution in [0, 0.1) is 11.6 Å². The van der Waals surface area contributed by atoms with Crippen molar-refractivity contribution in [3.8, 4) is 0 Å². The molecule has 3 aromatic rings. The third-order valence-corrected chi connectivity index (χ3v) is 4.42. The highest BCUT2D eigenvalue weighted by atomic mass is 35.5. The van der Waals surface area contributed by atoms with Crippen LogP contribution in [0.4, 0.5) is 25.2 Å². The van der Waals surface area contributed by atoms with E-state index in [1.54, 1.807) is 12.1 Å². The summed E-state index contributed by atoms with van der Waals surface area (Å²) in [5, 5.41) is 4.71. The van der Waals surface area contributed by atoms with Gasteiger partial charge in [0.1, 0.15) is 22.5 Å². The van der Waals surface area contributed by atoms with Gasteiger partial charge in [-0.05, 0) is 36.4 Å². The standard InChI is InChI=1S/C15H9F2N3S.ClH/c16-7-2-4-10-11(5-7)20-15-13(14(18)19-10)9-3-1-8(17)6-12(9)21-15;/h1-6,20H,(H2,18,19);1H. The predicted octanol–water partition coefficient (Wildman–Crippen LogP) is 4.70. The number of halogens is 3. The van der Waals surface area contributed by atoms with Gasteiger partial charge in [0.05, 0.1) is 16.9 Å². The van der Waals surface area contributed by atoms with E-state index in [4.69, 9.17) is 5.73 Å². The van der Waals surface area contributed by atoms with Gasteiger partial charge in [0.25, 0.3) is 0 Å². The third-order valence-electron chi connectivity index (χ3n) is 3.36. The maximum absolute atomic E-state index is 13.4. The predicted molar refractivity (Wildman–Crippen MR) is 89.1 cm³/mol. The lowest BCUT2D eigenvalue weighted by atomic mass is 10.1. The van der Waals surface area contributed by atoms with Gasteiger partial charge in [-0.15, -0.1) is 23.7 Å². The average molecular weight is 338 g/mol. The molecule has 0 unspecified atom stereocenters. The smallest absolute Gasteiger partial charge is 0.135 e. The van der Waals surface area contributed by atoms with Crippen LogP contribution in [0.1, 0.15) is 5.56 Å². The van der Waals surface area contributed by atoms with Gasteiger partial charge >= 0.3 is 0 Å². The number of amidine groups is 1. The molecule has 0 saturated heterocycles. The Morgan fingerprint density at radius 3 is 2.59 bits per heavy atom. The van der Waals surface area contributed by atoms with Crippen molar-refractivity contribution in [2.75, 3.05) is 5.32 Å². The van der Waals surface area contributed by atoms with Crippen LogP contribution in [-0.4, -0.2) is 5.84 Å². The molecule has 0 bridgehead atoms. The summed E-state index contributed by atoms with van der Waals surface area (Å²) in [4.78, 5) is 4.34. The number of rotatable bonds is 0. The zero-order valence-electron chi connectivity index (χ0n) is 11.1. The number of nitrogens with one attached hydrogen (secondary N) is 1. The van der Waals surface area contributed by atoms with E-state index in [1.165, 1.54) is 35.6 Å². The molecule has 0 radical (unpaired) electrons. The van der Waals surface area contributed by atoms with Crippen LogP contribution in [0.5, 0.6) is 0 Å². The van der Waals surface area contributed by atoms with Crippen LogP contribution >= 0.6 is 23.7 Å². The van der Waals surface area contributed by atoms with E-state index in [9.17, 15) is 8.78 Å². The molecular formula is C15H10ClF2N3S. The van der Waals surface area contributed by atoms with E-state index in [0.717, 1.165) is 20.7 Å². The van der Waals surface area contributed by atoms with Crippen LogP contribution in [0.3, 0.4) is 0 Å². The second-order valence-electron chi connectivity index (χ2n) is 4.73. The van der Waals surface area contributed by atoms with Crippen molar-refractivity contribution in [2.45, 2.75) is 0 Å². The third kappa shape index (κ3) is 2.20. The summed E-state index contributed by atoms with van der Waals surface area (Å²) in [5.74, 6) is -0.327. The van der Waals surface area contributed by atoms with Crippen molar-refractivity contribution in [1.29, 1.82) is 0 Å². The van der Waals surface area contributed by atoms with Gasteiger partial charge in [0.15, 0.2) is 0 Å². The van der Waals surface area contributed by atoms with Crippen molar-refractivity contribution < 1.29 is 8.78 Å². The fraction of sp³-hybridized carbons (Fsp3) is 0. The highest BCUT2D eigenvalue weighted by molar-refractivity contribution is 7.23. The monoisotopic (exact) mass is 337 g/mol. The maximum atomic E-state index is 13.4. The molecule has 7 heteroatoms. The molecule has 0 saturated carbocycles. The number of fused-ring (bicyclic) bond motifs is 4. The van der Waals surface area contributed by atoms with Crippen molar-refractivity contribution >= 4 is 56.0 Å². The lowest BCUT2D eigenvalue weighted by Crippen LogP contribution is -2.12. The molecule has 0 aliphatic carbocycles. The first-order chi connectivity index (χ1) is 10.1. The summed E-state index contributed by atoms with van der Waals surface area (Å²) in [5.41, 5.74) is 7.93. The SMILES string of the molecule is Cl.NC1=Nc2ccc(F)cc2Nc2sc3cc(F)ccc3c21. The number of nitrogens with two attached hydrogens (primary N) is 1. The first-order valence-electron chi connectivity index (χ1n) is 6.25. The first-order valence-corrected chi connectivity index (χ1v) is 7.06. The molecule has 3 N–H and O–H groups in total. The molecule has 0 spiro atoms. The summed E-state index contributed by atoms with van der Waals surface area (Å²) in [6.45, 7) is 0. The lowest BCUT2D eigenvalue weighted by molar-refractivity contribution is 0.628. The Balaban J connectivity index is 0.00000144. The molecule has 22 heavy (non-hydrogen) atoms. The molecular weight excluding hydrogens is 328 g/mol. The Labute approximate surface area is 134 Å². The maximum Gasteiger partial charge on any atom is 0.135 e. The number of thiophene rings is 1. The van der Waals surface area contributed by atoms with Crippen LogP contribution in [-0.2, 0) is 0 Å². The van der Waals surface area contributed by atoms with E-state index in [1.807, 2.05) is 0 Å². The van der Waals surface area contributed by atoms with E-state index < -0.39 is 0 Å². The Morgan fingerprint density at radius 1 is 1.05 bits per heavy atom. The van der Waals surface area contributed by atoms with Crippen LogP contribution in [0.25, 0.3) is 10.1 Å². The van der Waals surface area contributed by atoms with Gasteiger partial charge in [-0.3, -0.25) is 0 Å². The highest BCUT2D eigenvalue weighted by Crippen LogP contribution is 2.42. The zero-order valence-corrected chi connectivity index (χ0v) is 12.7. The largest absolute Gasteiger partial charge is 0.383 e. The second kappa shape index (κ2) is 5.23. The molecule has 112 valence electrons. The first kappa shape index (κ1) is 14.7. The molecule has 0 atom stereocenters. The number of hydrogen-bond donors (Lipinski definition) is 2. The zero-order chi connectivity index (χ0) is 14.6. The molecule has 0 amide bonds. The number of hydrogen-bond acceptors (Lipinski definition) is 4. The van der Waals surface area contributed by atoms with Gasteiger partial charge in [-0.1, -0.05) is 0 Å². The molecule has 1 aliphatic rings. The minimum absolute atomic E-state index is 0. The Morgan fingerprint density at radius 2 is 1.77 bits per heavy atom. The number of aliphatic imine (C=N–C) groups is 1. The topological polar surface area (TPSA) is 50.4 Å². The Hall–Kier alpha value is -2.18. The fourth-order valence-corrected chi connectivity index (χ4v) is 3.58. The second-order valence-corrected chi connectivity index (χ2v) is 5.78. The van der Waals surface area contributed by atoms with Gasteiger partial charge in [0, 0.05) is 10.1 Å². The highest BCUT2D eigenvalue weighted by Gasteiger charge is 2.20. The molecule has 2 heterocycles. The van der Waals surface area contributed by atoms with Gasteiger partial charge in [0.2, 0.25) is 0 Å². The summed E-state index contributed by atoms with van der Waals surface area (Å²) in [7, 11) is 0. The minimum atomic E-state index is -0.356. The molecule has 1 aromatic heterocycles. The summed E-state index contributed by atoms with van der Waals surface area (Å²) in [6.07, 6.45) is 0. The Kier molecular flexibility index (Phi) is 3.50. The average Bonchev–Trinajstić information content (AvgIpc) is 2.72. The molecule has 4 rings (SSSR count). The van der Waals surface area contributed by atoms with E-state index in [-0.39, 0.29) is 24.0 Å². The summed E-state index contributed by atoms with van der Waals surface area (Å²) >= 11 is 1.37. The number of nitrogens with zero attached hydrogens (tertiary/aromatic N) is 1. The summed E-state index contributed by atoms with van der Waals surface area (Å²) in [6, 6.07) is 8.80. The van der Waals surface area contributed by atoms with Crippen LogP contribution in [0.15, 0.2) is 41.4 Å². The minimum Gasteiger partial charge on any atom is -0.383 e. The number of benzene rings is 2. The van der Waals surface area contributed by atoms with E-state index in [0.29, 0.717) is 17.2 Å². The van der Waals surface area contributed by atoms with Crippen LogP contribution < -0.4 is 11.1 Å². The number of anilines is 2. The van der Waals surface area contributed by atoms with Crippen molar-refractivity contribution in [2.24, 2.45) is 10.7 Å². The molecule has 3 nitrogen and oxygen atoms in total. The van der Waals surface area contributed by atoms with Gasteiger partial charge in [-0.2, -0.15) is 0 Å². The van der Waals surface area contributed by atoms with Crippen LogP contribution in [0.2, 0.25) is 0 Å². The summed E-state index contributed by atoms with van der Waals surface area (Å²) < 4.78 is 27.5. The van der Waals surface area contributed by atoms with Gasteiger partial charge < -0.3 is 11.1 Å². The molecule has 1 aliphatic heterocycles. The fourth-order valence-electron chi connectivity index (χ4n) is 2.43. The Bertz CT molecular complexity index is 921. The van der Waals surface area contributed by atoms with E-state index in [2.05, 4.69) is 10.3 Å². The normalized spacial score (nSPS) is 12.5.